The molecule has 2 rings (SSSR count). The smallest absolute Gasteiger partial charge is 0.104 e. The molecule has 4 nitrogen and oxygen atoms in total. The maximum absolute atomic E-state index is 5.79. The van der Waals surface area contributed by atoms with Gasteiger partial charge in [0.15, 0.2) is 0 Å². The van der Waals surface area contributed by atoms with E-state index in [1.54, 1.807) is 7.11 Å². The summed E-state index contributed by atoms with van der Waals surface area (Å²) >= 11 is 0. The van der Waals surface area contributed by atoms with E-state index in [1.165, 1.54) is 5.56 Å². The molecule has 18 heavy (non-hydrogen) atoms. The molecule has 0 aliphatic carbocycles. The van der Waals surface area contributed by atoms with Crippen molar-refractivity contribution >= 4 is 0 Å². The van der Waals surface area contributed by atoms with E-state index < -0.39 is 0 Å². The Morgan fingerprint density at radius 3 is 2.83 bits per heavy atom. The molecule has 1 fully saturated rings. The van der Waals surface area contributed by atoms with Gasteiger partial charge in [0.25, 0.3) is 0 Å². The van der Waals surface area contributed by atoms with Gasteiger partial charge in [-0.15, -0.1) is 0 Å². The Balaban J connectivity index is 1.78. The van der Waals surface area contributed by atoms with E-state index in [1.807, 2.05) is 23.3 Å². The van der Waals surface area contributed by atoms with Crippen molar-refractivity contribution in [3.05, 3.63) is 35.9 Å². The highest BCUT2D eigenvalue weighted by Gasteiger charge is 2.32. The first-order valence-electron chi connectivity index (χ1n) is 6.26. The maximum Gasteiger partial charge on any atom is 0.104 e. The lowest BCUT2D eigenvalue weighted by Gasteiger charge is -2.38. The van der Waals surface area contributed by atoms with Crippen molar-refractivity contribution in [3.8, 4) is 0 Å². The lowest BCUT2D eigenvalue weighted by atomic mass is 10.1. The van der Waals surface area contributed by atoms with Crippen molar-refractivity contribution in [2.24, 2.45) is 0 Å². The van der Waals surface area contributed by atoms with Gasteiger partial charge >= 0.3 is 0 Å². The van der Waals surface area contributed by atoms with E-state index in [4.69, 9.17) is 14.3 Å². The number of nitrogens with zero attached hydrogens (tertiary/aromatic N) is 1. The number of hydrogen-bond donors (Lipinski definition) is 0. The van der Waals surface area contributed by atoms with Crippen molar-refractivity contribution in [3.63, 3.8) is 0 Å². The van der Waals surface area contributed by atoms with Crippen LogP contribution in [0.15, 0.2) is 30.3 Å². The normalized spacial score (nSPS) is 25.2. The SMILES string of the molecule is CON1CCOC(C)(COCc2ccccc2)C1. The first-order valence-corrected chi connectivity index (χ1v) is 6.26. The first-order chi connectivity index (χ1) is 8.72. The zero-order chi connectivity index (χ0) is 12.8. The fraction of sp³-hybridized carbons (Fsp3) is 0.571. The second-order valence-corrected chi connectivity index (χ2v) is 4.82. The van der Waals surface area contributed by atoms with E-state index in [0.717, 1.165) is 13.1 Å². The second-order valence-electron chi connectivity index (χ2n) is 4.82. The van der Waals surface area contributed by atoms with Crippen LogP contribution in [0.1, 0.15) is 12.5 Å². The van der Waals surface area contributed by atoms with Crippen LogP contribution in [0.5, 0.6) is 0 Å². The van der Waals surface area contributed by atoms with Gasteiger partial charge in [-0.1, -0.05) is 30.3 Å². The molecule has 1 aliphatic heterocycles. The number of ether oxygens (including phenoxy) is 2. The van der Waals surface area contributed by atoms with Gasteiger partial charge in [0.1, 0.15) is 5.60 Å². The van der Waals surface area contributed by atoms with E-state index in [-0.39, 0.29) is 5.60 Å². The molecule has 1 unspecified atom stereocenters. The third-order valence-corrected chi connectivity index (χ3v) is 3.08. The number of rotatable bonds is 5. The van der Waals surface area contributed by atoms with E-state index >= 15 is 0 Å². The third kappa shape index (κ3) is 3.78. The fourth-order valence-electron chi connectivity index (χ4n) is 2.09. The Bertz CT molecular complexity index is 357. The molecule has 1 atom stereocenters. The molecule has 0 bridgehead atoms. The van der Waals surface area contributed by atoms with Crippen LogP contribution < -0.4 is 0 Å². The standard InChI is InChI=1S/C14H21NO3/c1-14(11-15(16-2)8-9-18-14)12-17-10-13-6-4-3-5-7-13/h3-7H,8-12H2,1-2H3. The van der Waals surface area contributed by atoms with Crippen molar-refractivity contribution in [2.45, 2.75) is 19.1 Å². The molecule has 0 amide bonds. The van der Waals surface area contributed by atoms with Gasteiger partial charge in [-0.3, -0.25) is 0 Å². The molecule has 1 heterocycles. The first kappa shape index (κ1) is 13.5. The van der Waals surface area contributed by atoms with Crippen LogP contribution in [0.4, 0.5) is 0 Å². The molecule has 0 radical (unpaired) electrons. The summed E-state index contributed by atoms with van der Waals surface area (Å²) in [7, 11) is 1.69. The highest BCUT2D eigenvalue weighted by molar-refractivity contribution is 5.13. The molecule has 0 aromatic heterocycles. The van der Waals surface area contributed by atoms with Gasteiger partial charge in [-0.25, -0.2) is 0 Å². The zero-order valence-corrected chi connectivity index (χ0v) is 11.1. The summed E-state index contributed by atoms with van der Waals surface area (Å²) in [6.45, 7) is 5.47. The Hall–Kier alpha value is -0.940. The average Bonchev–Trinajstić information content (AvgIpc) is 2.40. The summed E-state index contributed by atoms with van der Waals surface area (Å²) in [5.41, 5.74) is 0.892. The Labute approximate surface area is 108 Å². The summed E-state index contributed by atoms with van der Waals surface area (Å²) in [4.78, 5) is 5.25. The van der Waals surface area contributed by atoms with Crippen molar-refractivity contribution in [1.82, 2.24) is 5.06 Å². The largest absolute Gasteiger partial charge is 0.374 e. The van der Waals surface area contributed by atoms with Crippen molar-refractivity contribution < 1.29 is 14.3 Å². The molecule has 0 spiro atoms. The number of hydroxylamine groups is 2. The Kier molecular flexibility index (Phi) is 4.72. The van der Waals surface area contributed by atoms with E-state index in [0.29, 0.717) is 19.8 Å². The van der Waals surface area contributed by atoms with Crippen molar-refractivity contribution in [1.29, 1.82) is 0 Å². The van der Waals surface area contributed by atoms with E-state index in [2.05, 4.69) is 19.1 Å². The topological polar surface area (TPSA) is 30.9 Å². The Morgan fingerprint density at radius 2 is 2.11 bits per heavy atom. The molecule has 1 saturated heterocycles. The van der Waals surface area contributed by atoms with Crippen LogP contribution in [0.25, 0.3) is 0 Å². The number of hydrogen-bond acceptors (Lipinski definition) is 4. The average molecular weight is 251 g/mol. The molecule has 4 heteroatoms. The van der Waals surface area contributed by atoms with Crippen LogP contribution in [0.3, 0.4) is 0 Å². The lowest BCUT2D eigenvalue weighted by molar-refractivity contribution is -0.232. The molecule has 100 valence electrons. The highest BCUT2D eigenvalue weighted by Crippen LogP contribution is 2.18. The van der Waals surface area contributed by atoms with Crippen LogP contribution in [-0.4, -0.2) is 44.1 Å². The monoisotopic (exact) mass is 251 g/mol. The second kappa shape index (κ2) is 6.29. The predicted octanol–water partition coefficient (Wildman–Crippen LogP) is 1.86. The molecule has 1 aliphatic rings. The zero-order valence-electron chi connectivity index (χ0n) is 11.1. The summed E-state index contributed by atoms with van der Waals surface area (Å²) in [5, 5.41) is 1.91. The summed E-state index contributed by atoms with van der Waals surface area (Å²) in [6, 6.07) is 10.2. The van der Waals surface area contributed by atoms with Crippen LogP contribution in [0, 0.1) is 0 Å². The molecular weight excluding hydrogens is 230 g/mol. The molecule has 0 N–H and O–H groups in total. The number of morpholine rings is 1. The summed E-state index contributed by atoms with van der Waals surface area (Å²) in [6.07, 6.45) is 0. The predicted molar refractivity (Wildman–Crippen MR) is 69.0 cm³/mol. The van der Waals surface area contributed by atoms with Gasteiger partial charge in [0.2, 0.25) is 0 Å². The van der Waals surface area contributed by atoms with Crippen LogP contribution in [0.2, 0.25) is 0 Å². The highest BCUT2D eigenvalue weighted by atomic mass is 16.7. The minimum atomic E-state index is -0.289. The molecule has 1 aromatic rings. The third-order valence-electron chi connectivity index (χ3n) is 3.08. The molecular formula is C14H21NO3. The van der Waals surface area contributed by atoms with Crippen LogP contribution >= 0.6 is 0 Å². The minimum Gasteiger partial charge on any atom is -0.374 e. The quantitative estimate of drug-likeness (QED) is 0.799. The maximum atomic E-state index is 5.79. The van der Waals surface area contributed by atoms with Gasteiger partial charge in [-0.05, 0) is 12.5 Å². The fourth-order valence-corrected chi connectivity index (χ4v) is 2.09. The van der Waals surface area contributed by atoms with Gasteiger partial charge in [0.05, 0.1) is 33.5 Å². The Morgan fingerprint density at radius 1 is 1.33 bits per heavy atom. The lowest BCUT2D eigenvalue weighted by Crippen LogP contribution is -2.52. The molecule has 1 aromatic carbocycles. The van der Waals surface area contributed by atoms with Crippen LogP contribution in [-0.2, 0) is 20.9 Å². The summed E-state index contributed by atoms with van der Waals surface area (Å²) in [5.74, 6) is 0. The molecule has 0 saturated carbocycles. The van der Waals surface area contributed by atoms with E-state index in [9.17, 15) is 0 Å². The van der Waals surface area contributed by atoms with Gasteiger partial charge in [0, 0.05) is 6.54 Å². The summed E-state index contributed by atoms with van der Waals surface area (Å²) < 4.78 is 11.5. The minimum absolute atomic E-state index is 0.289. The van der Waals surface area contributed by atoms with Gasteiger partial charge in [-0.2, -0.15) is 5.06 Å². The van der Waals surface area contributed by atoms with Gasteiger partial charge < -0.3 is 14.3 Å². The van der Waals surface area contributed by atoms with Crippen molar-refractivity contribution in [2.75, 3.05) is 33.4 Å². The number of benzene rings is 1.